The molecule has 0 bridgehead atoms. The van der Waals surface area contributed by atoms with E-state index >= 15 is 0 Å². The van der Waals surface area contributed by atoms with Gasteiger partial charge in [0.25, 0.3) is 5.56 Å². The van der Waals surface area contributed by atoms with Crippen LogP contribution in [0.25, 0.3) is 11.2 Å². The Kier molecular flexibility index (Phi) is 7.41. The third-order valence-corrected chi connectivity index (χ3v) is 6.89. The molecule has 4 aromatic heterocycles. The number of hydrogen-bond acceptors (Lipinski definition) is 9. The average Bonchev–Trinajstić information content (AvgIpc) is 3.36. The Bertz CT molecular complexity index is 1860. The number of anilines is 1. The van der Waals surface area contributed by atoms with E-state index in [1.54, 1.807) is 35.8 Å². The highest BCUT2D eigenvalue weighted by Gasteiger charge is 2.27. The number of nitrogens with two attached hydrogens (primary N) is 1. The molecular weight excluding hydrogens is 508 g/mol. The molecule has 1 aliphatic heterocycles. The third kappa shape index (κ3) is 4.82. The van der Waals surface area contributed by atoms with Crippen molar-refractivity contribution in [2.45, 2.75) is 45.4 Å². The summed E-state index contributed by atoms with van der Waals surface area (Å²) in [5.41, 5.74) is 6.57. The summed E-state index contributed by atoms with van der Waals surface area (Å²) in [5, 5.41) is 19.2. The zero-order valence-electron chi connectivity index (χ0n) is 21.9. The van der Waals surface area contributed by atoms with E-state index in [0.29, 0.717) is 30.3 Å². The number of hydrogen-bond donors (Lipinski definition) is 1. The van der Waals surface area contributed by atoms with E-state index in [1.165, 1.54) is 17.0 Å². The Balaban J connectivity index is 1.81. The van der Waals surface area contributed by atoms with Gasteiger partial charge < -0.3 is 10.6 Å². The van der Waals surface area contributed by atoms with Crippen LogP contribution in [-0.2, 0) is 19.6 Å². The molecule has 0 amide bonds. The molecule has 1 saturated heterocycles. The van der Waals surface area contributed by atoms with Gasteiger partial charge in [-0.3, -0.25) is 28.5 Å². The minimum Gasteiger partial charge on any atom is -0.341 e. The molecule has 5 heterocycles. The normalized spacial score (nSPS) is 14.8. The van der Waals surface area contributed by atoms with Crippen molar-refractivity contribution in [1.29, 1.82) is 10.5 Å². The number of piperidine rings is 1. The first-order valence-corrected chi connectivity index (χ1v) is 12.8. The van der Waals surface area contributed by atoms with Gasteiger partial charge in [-0.1, -0.05) is 5.92 Å². The van der Waals surface area contributed by atoms with Crippen LogP contribution in [0.2, 0.25) is 0 Å². The van der Waals surface area contributed by atoms with Crippen LogP contribution in [0.15, 0.2) is 46.2 Å². The number of nitrogens with zero attached hydrogens (tertiary/aromatic N) is 9. The molecule has 1 fully saturated rings. The smallest absolute Gasteiger partial charge is 0.333 e. The van der Waals surface area contributed by atoms with Crippen LogP contribution in [-0.4, -0.2) is 47.8 Å². The molecule has 0 radical (unpaired) electrons. The Morgan fingerprint density at radius 2 is 1.65 bits per heavy atom. The topological polar surface area (TPSA) is 164 Å². The zero-order valence-corrected chi connectivity index (χ0v) is 21.9. The molecule has 1 atom stereocenters. The quantitative estimate of drug-likeness (QED) is 0.354. The molecule has 200 valence electrons. The first-order chi connectivity index (χ1) is 19.5. The van der Waals surface area contributed by atoms with Crippen LogP contribution in [0.1, 0.15) is 42.3 Å². The fraction of sp³-hybridized carbons (Fsp3) is 0.321. The van der Waals surface area contributed by atoms with E-state index in [9.17, 15) is 20.1 Å². The molecule has 1 aliphatic rings. The van der Waals surface area contributed by atoms with E-state index in [2.05, 4.69) is 33.9 Å². The highest BCUT2D eigenvalue weighted by Crippen LogP contribution is 2.24. The number of pyridine rings is 2. The van der Waals surface area contributed by atoms with E-state index < -0.39 is 11.2 Å². The van der Waals surface area contributed by atoms with E-state index in [0.717, 1.165) is 17.4 Å². The first-order valence-electron chi connectivity index (χ1n) is 12.8. The van der Waals surface area contributed by atoms with Crippen molar-refractivity contribution >= 4 is 17.1 Å². The summed E-state index contributed by atoms with van der Waals surface area (Å²) in [6.45, 7) is 2.79. The summed E-state index contributed by atoms with van der Waals surface area (Å²) in [7, 11) is 0. The summed E-state index contributed by atoms with van der Waals surface area (Å²) in [4.78, 5) is 43.4. The van der Waals surface area contributed by atoms with Crippen LogP contribution in [0.3, 0.4) is 0 Å². The standard InChI is InChI=1S/C28H26N10O2/c1-2-3-13-36-24-25(34-27(36)35-12-6-9-21(31)16-35)37(17-22-19(14-29)7-4-10-32-22)28(40)38(26(24)39)18-23-20(15-30)8-5-11-33-23/h4-5,7-8,10-11,21H,6,9,12-13,16-18,31H2,1H3/t21-/m1/s1. The molecule has 0 unspecified atom stereocenters. The van der Waals surface area contributed by atoms with E-state index in [4.69, 9.17) is 10.7 Å². The van der Waals surface area contributed by atoms with E-state index in [1.807, 2.05) is 4.90 Å². The summed E-state index contributed by atoms with van der Waals surface area (Å²) < 4.78 is 4.10. The molecule has 0 aromatic carbocycles. The van der Waals surface area contributed by atoms with Gasteiger partial charge in [0.1, 0.15) is 12.1 Å². The molecule has 0 saturated carbocycles. The van der Waals surface area contributed by atoms with Crippen LogP contribution in [0.5, 0.6) is 0 Å². The average molecular weight is 535 g/mol. The molecule has 0 aliphatic carbocycles. The van der Waals surface area contributed by atoms with Gasteiger partial charge in [0.05, 0.1) is 42.1 Å². The number of rotatable bonds is 6. The number of nitriles is 2. The molecule has 4 aromatic rings. The second-order valence-corrected chi connectivity index (χ2v) is 9.42. The predicted molar refractivity (Wildman–Crippen MR) is 147 cm³/mol. The van der Waals surface area contributed by atoms with Crippen LogP contribution in [0.4, 0.5) is 5.95 Å². The van der Waals surface area contributed by atoms with Crippen molar-refractivity contribution in [2.24, 2.45) is 5.73 Å². The summed E-state index contributed by atoms with van der Waals surface area (Å²) >= 11 is 0. The molecular formula is C28H26N10O2. The zero-order chi connectivity index (χ0) is 28.2. The largest absolute Gasteiger partial charge is 0.341 e. The van der Waals surface area contributed by atoms with Crippen molar-refractivity contribution < 1.29 is 0 Å². The lowest BCUT2D eigenvalue weighted by Gasteiger charge is -2.31. The SMILES string of the molecule is CC#CCn1c(N2CCC[C@@H](N)C2)nc2c1c(=O)n(Cc1ncccc1C#N)c(=O)n2Cc1ncccc1C#N. The minimum atomic E-state index is -0.658. The maximum Gasteiger partial charge on any atom is 0.333 e. The Morgan fingerprint density at radius 3 is 2.25 bits per heavy atom. The lowest BCUT2D eigenvalue weighted by atomic mass is 10.1. The summed E-state index contributed by atoms with van der Waals surface area (Å²) in [6.07, 6.45) is 4.78. The number of aromatic nitrogens is 6. The van der Waals surface area contributed by atoms with Gasteiger partial charge >= 0.3 is 5.69 Å². The minimum absolute atomic E-state index is 0.0571. The van der Waals surface area contributed by atoms with Crippen molar-refractivity contribution in [3.05, 3.63) is 80.0 Å². The van der Waals surface area contributed by atoms with Crippen molar-refractivity contribution in [1.82, 2.24) is 28.7 Å². The van der Waals surface area contributed by atoms with Crippen molar-refractivity contribution in [3.63, 3.8) is 0 Å². The van der Waals surface area contributed by atoms with Gasteiger partial charge in [-0.05, 0) is 44.0 Å². The van der Waals surface area contributed by atoms with Crippen LogP contribution >= 0.6 is 0 Å². The van der Waals surface area contributed by atoms with Crippen molar-refractivity contribution in [2.75, 3.05) is 18.0 Å². The predicted octanol–water partition coefficient (Wildman–Crippen LogP) is 0.940. The Morgan fingerprint density at radius 1 is 1.00 bits per heavy atom. The van der Waals surface area contributed by atoms with Gasteiger partial charge in [0.15, 0.2) is 11.2 Å². The molecule has 2 N–H and O–H groups in total. The molecule has 12 heteroatoms. The highest BCUT2D eigenvalue weighted by atomic mass is 16.2. The van der Waals surface area contributed by atoms with Gasteiger partial charge in [-0.25, -0.2) is 4.79 Å². The number of imidazole rings is 1. The summed E-state index contributed by atoms with van der Waals surface area (Å²) in [6, 6.07) is 10.6. The fourth-order valence-corrected chi connectivity index (χ4v) is 4.93. The van der Waals surface area contributed by atoms with Crippen LogP contribution in [0, 0.1) is 34.5 Å². The monoisotopic (exact) mass is 534 g/mol. The van der Waals surface area contributed by atoms with E-state index in [-0.39, 0.29) is 48.1 Å². The number of fused-ring (bicyclic) bond motifs is 1. The molecule has 0 spiro atoms. The Hall–Kier alpha value is -5.25. The second kappa shape index (κ2) is 11.2. The molecule has 40 heavy (non-hydrogen) atoms. The maximum absolute atomic E-state index is 14.0. The van der Waals surface area contributed by atoms with Gasteiger partial charge in [-0.15, -0.1) is 5.92 Å². The lowest BCUT2D eigenvalue weighted by Crippen LogP contribution is -2.44. The van der Waals surface area contributed by atoms with Gasteiger partial charge in [0, 0.05) is 31.5 Å². The Labute approximate surface area is 229 Å². The maximum atomic E-state index is 14.0. The fourth-order valence-electron chi connectivity index (χ4n) is 4.93. The second-order valence-electron chi connectivity index (χ2n) is 9.42. The van der Waals surface area contributed by atoms with Gasteiger partial charge in [-0.2, -0.15) is 15.5 Å². The van der Waals surface area contributed by atoms with Crippen LogP contribution < -0.4 is 21.9 Å². The molecule has 5 rings (SSSR count). The summed E-state index contributed by atoms with van der Waals surface area (Å²) in [5.74, 6) is 6.38. The first kappa shape index (κ1) is 26.4. The third-order valence-electron chi connectivity index (χ3n) is 6.89. The highest BCUT2D eigenvalue weighted by molar-refractivity contribution is 5.75. The van der Waals surface area contributed by atoms with Crippen molar-refractivity contribution in [3.8, 4) is 24.0 Å². The molecule has 12 nitrogen and oxygen atoms in total. The van der Waals surface area contributed by atoms with Gasteiger partial charge in [0.2, 0.25) is 5.95 Å². The lowest BCUT2D eigenvalue weighted by molar-refractivity contribution is 0.496.